The number of nitrogens with zero attached hydrogens (tertiary/aromatic N) is 2. The summed E-state index contributed by atoms with van der Waals surface area (Å²) in [5.41, 5.74) is 4.84. The summed E-state index contributed by atoms with van der Waals surface area (Å²) in [4.78, 5) is 18.3. The lowest BCUT2D eigenvalue weighted by Crippen LogP contribution is -2.24. The first-order chi connectivity index (χ1) is 15.7. The van der Waals surface area contributed by atoms with Crippen LogP contribution in [0.1, 0.15) is 5.56 Å². The first kappa shape index (κ1) is 19.8. The Labute approximate surface area is 186 Å². The Morgan fingerprint density at radius 2 is 1.34 bits per heavy atom. The summed E-state index contributed by atoms with van der Waals surface area (Å²) >= 11 is 0. The van der Waals surface area contributed by atoms with E-state index in [-0.39, 0.29) is 5.56 Å². The Kier molecular flexibility index (Phi) is 5.26. The second-order valence-electron chi connectivity index (χ2n) is 7.64. The Hall–Kier alpha value is -4.18. The predicted octanol–water partition coefficient (Wildman–Crippen LogP) is 5.79. The molecule has 0 bridgehead atoms. The van der Waals surface area contributed by atoms with Crippen molar-refractivity contribution < 1.29 is 4.74 Å². The van der Waals surface area contributed by atoms with E-state index in [1.165, 1.54) is 0 Å². The summed E-state index contributed by atoms with van der Waals surface area (Å²) in [6.45, 7) is 0.427. The van der Waals surface area contributed by atoms with Crippen LogP contribution < -0.4 is 10.3 Å². The maximum atomic E-state index is 13.4. The molecular weight excluding hydrogens is 396 g/mol. The van der Waals surface area contributed by atoms with Crippen LogP contribution in [0.25, 0.3) is 33.4 Å². The number of benzene rings is 4. The van der Waals surface area contributed by atoms with E-state index in [1.54, 1.807) is 11.7 Å². The number of rotatable bonds is 5. The standard InChI is InChI=1S/C28H22N2O2/c1-32-24-17-11-20(12-18-24)19-30-27(29-26-10-6-5-9-25(26)28(30)31)23-15-13-22(14-16-23)21-7-3-2-4-8-21/h2-18H,19H2,1H3. The molecule has 4 aromatic carbocycles. The smallest absolute Gasteiger partial charge is 0.261 e. The minimum Gasteiger partial charge on any atom is -0.497 e. The molecule has 4 heteroatoms. The first-order valence-electron chi connectivity index (χ1n) is 10.5. The van der Waals surface area contributed by atoms with Crippen LogP contribution in [-0.2, 0) is 6.54 Å². The molecule has 0 aliphatic heterocycles. The molecule has 1 aromatic heterocycles. The molecule has 0 atom stereocenters. The Morgan fingerprint density at radius 1 is 0.719 bits per heavy atom. The lowest BCUT2D eigenvalue weighted by molar-refractivity contribution is 0.414. The fraction of sp³-hybridized carbons (Fsp3) is 0.0714. The van der Waals surface area contributed by atoms with Crippen molar-refractivity contribution >= 4 is 10.9 Å². The van der Waals surface area contributed by atoms with E-state index in [4.69, 9.17) is 9.72 Å². The molecule has 1 heterocycles. The van der Waals surface area contributed by atoms with E-state index in [1.807, 2.05) is 78.9 Å². The van der Waals surface area contributed by atoms with Crippen LogP contribution in [0.5, 0.6) is 5.75 Å². The van der Waals surface area contributed by atoms with E-state index >= 15 is 0 Å². The van der Waals surface area contributed by atoms with Crippen molar-refractivity contribution in [1.82, 2.24) is 9.55 Å². The number of fused-ring (bicyclic) bond motifs is 1. The molecule has 0 N–H and O–H groups in total. The van der Waals surface area contributed by atoms with E-state index in [0.29, 0.717) is 23.3 Å². The molecule has 32 heavy (non-hydrogen) atoms. The number of ether oxygens (including phenoxy) is 1. The van der Waals surface area contributed by atoms with Crippen LogP contribution >= 0.6 is 0 Å². The van der Waals surface area contributed by atoms with Gasteiger partial charge in [-0.25, -0.2) is 4.98 Å². The highest BCUT2D eigenvalue weighted by molar-refractivity contribution is 5.80. The number of aromatic nitrogens is 2. The van der Waals surface area contributed by atoms with Gasteiger partial charge in [-0.1, -0.05) is 78.9 Å². The van der Waals surface area contributed by atoms with Crippen LogP contribution in [0.3, 0.4) is 0 Å². The number of hydrogen-bond acceptors (Lipinski definition) is 3. The maximum Gasteiger partial charge on any atom is 0.261 e. The van der Waals surface area contributed by atoms with Gasteiger partial charge in [-0.15, -0.1) is 0 Å². The van der Waals surface area contributed by atoms with Crippen molar-refractivity contribution in [2.24, 2.45) is 0 Å². The van der Waals surface area contributed by atoms with Crippen molar-refractivity contribution in [2.45, 2.75) is 6.54 Å². The van der Waals surface area contributed by atoms with Crippen LogP contribution in [0, 0.1) is 0 Å². The Bertz CT molecular complexity index is 1420. The predicted molar refractivity (Wildman–Crippen MR) is 129 cm³/mol. The summed E-state index contributed by atoms with van der Waals surface area (Å²) in [6.07, 6.45) is 0. The second kappa shape index (κ2) is 8.52. The van der Waals surface area contributed by atoms with Gasteiger partial charge in [0.05, 0.1) is 24.6 Å². The van der Waals surface area contributed by atoms with Crippen LogP contribution in [0.4, 0.5) is 0 Å². The first-order valence-corrected chi connectivity index (χ1v) is 10.5. The normalized spacial score (nSPS) is 10.9. The van der Waals surface area contributed by atoms with Crippen molar-refractivity contribution in [3.05, 3.63) is 119 Å². The molecule has 0 aliphatic rings. The zero-order chi connectivity index (χ0) is 21.9. The topological polar surface area (TPSA) is 44.1 Å². The van der Waals surface area contributed by atoms with Gasteiger partial charge >= 0.3 is 0 Å². The third-order valence-corrected chi connectivity index (χ3v) is 5.61. The molecule has 0 fully saturated rings. The molecule has 0 unspecified atom stereocenters. The minimum absolute atomic E-state index is 0.0476. The maximum absolute atomic E-state index is 13.4. The van der Waals surface area contributed by atoms with E-state index in [0.717, 1.165) is 28.0 Å². The lowest BCUT2D eigenvalue weighted by Gasteiger charge is -2.15. The van der Waals surface area contributed by atoms with Gasteiger partial charge in [-0.05, 0) is 41.0 Å². The van der Waals surface area contributed by atoms with Crippen molar-refractivity contribution in [3.63, 3.8) is 0 Å². The summed E-state index contributed by atoms with van der Waals surface area (Å²) in [5.74, 6) is 1.44. The van der Waals surface area contributed by atoms with Crippen LogP contribution in [0.2, 0.25) is 0 Å². The Morgan fingerprint density at radius 3 is 2.06 bits per heavy atom. The summed E-state index contributed by atoms with van der Waals surface area (Å²) in [7, 11) is 1.64. The van der Waals surface area contributed by atoms with Crippen molar-refractivity contribution in [3.8, 4) is 28.3 Å². The van der Waals surface area contributed by atoms with Crippen LogP contribution in [0.15, 0.2) is 108 Å². The average molecular weight is 418 g/mol. The minimum atomic E-state index is -0.0476. The third-order valence-electron chi connectivity index (χ3n) is 5.61. The van der Waals surface area contributed by atoms with Gasteiger partial charge in [-0.2, -0.15) is 0 Å². The molecule has 0 spiro atoms. The number of methoxy groups -OCH3 is 1. The van der Waals surface area contributed by atoms with E-state index < -0.39 is 0 Å². The molecule has 0 aliphatic carbocycles. The molecule has 4 nitrogen and oxygen atoms in total. The molecule has 156 valence electrons. The molecule has 5 rings (SSSR count). The third kappa shape index (κ3) is 3.79. The van der Waals surface area contributed by atoms with Crippen LogP contribution in [-0.4, -0.2) is 16.7 Å². The van der Waals surface area contributed by atoms with E-state index in [9.17, 15) is 4.79 Å². The highest BCUT2D eigenvalue weighted by Crippen LogP contribution is 2.25. The van der Waals surface area contributed by atoms with Gasteiger partial charge in [0.15, 0.2) is 0 Å². The van der Waals surface area contributed by atoms with E-state index in [2.05, 4.69) is 24.3 Å². The number of hydrogen-bond donors (Lipinski definition) is 0. The van der Waals surface area contributed by atoms with Crippen molar-refractivity contribution in [1.29, 1.82) is 0 Å². The zero-order valence-corrected chi connectivity index (χ0v) is 17.7. The highest BCUT2D eigenvalue weighted by Gasteiger charge is 2.13. The molecule has 5 aromatic rings. The zero-order valence-electron chi connectivity index (χ0n) is 17.7. The van der Waals surface area contributed by atoms with Gasteiger partial charge in [0.25, 0.3) is 5.56 Å². The van der Waals surface area contributed by atoms with Gasteiger partial charge in [0.2, 0.25) is 0 Å². The van der Waals surface area contributed by atoms with Crippen molar-refractivity contribution in [2.75, 3.05) is 7.11 Å². The summed E-state index contributed by atoms with van der Waals surface area (Å²) in [6, 6.07) is 33.7. The fourth-order valence-corrected chi connectivity index (χ4v) is 3.89. The van der Waals surface area contributed by atoms with Gasteiger partial charge < -0.3 is 4.74 Å². The SMILES string of the molecule is COc1ccc(Cn2c(-c3ccc(-c4ccccc4)cc3)nc3ccccc3c2=O)cc1. The largest absolute Gasteiger partial charge is 0.497 e. The molecule has 0 amide bonds. The van der Waals surface area contributed by atoms with Gasteiger partial charge in [0, 0.05) is 5.56 Å². The highest BCUT2D eigenvalue weighted by atomic mass is 16.5. The molecule has 0 saturated heterocycles. The Balaban J connectivity index is 1.62. The average Bonchev–Trinajstić information content (AvgIpc) is 2.87. The number of para-hydroxylation sites is 1. The summed E-state index contributed by atoms with van der Waals surface area (Å²) < 4.78 is 7.01. The van der Waals surface area contributed by atoms with Gasteiger partial charge in [-0.3, -0.25) is 9.36 Å². The molecule has 0 radical (unpaired) electrons. The quantitative estimate of drug-likeness (QED) is 0.363. The molecule has 0 saturated carbocycles. The monoisotopic (exact) mass is 418 g/mol. The summed E-state index contributed by atoms with van der Waals surface area (Å²) in [5, 5.41) is 0.616. The molecular formula is C28H22N2O2. The van der Waals surface area contributed by atoms with Gasteiger partial charge in [0.1, 0.15) is 11.6 Å². The fourth-order valence-electron chi connectivity index (χ4n) is 3.89. The lowest BCUT2D eigenvalue weighted by atomic mass is 10.0. The second-order valence-corrected chi connectivity index (χ2v) is 7.64.